The minimum atomic E-state index is -1.19. The van der Waals surface area contributed by atoms with Crippen molar-refractivity contribution < 1.29 is 23.8 Å². The van der Waals surface area contributed by atoms with Crippen LogP contribution in [0.15, 0.2) is 66.4 Å². The summed E-state index contributed by atoms with van der Waals surface area (Å²) in [4.78, 5) is 31.4. The lowest BCUT2D eigenvalue weighted by Gasteiger charge is -2.25. The first-order valence-electron chi connectivity index (χ1n) is 9.79. The first kappa shape index (κ1) is 22.8. The van der Waals surface area contributed by atoms with E-state index in [-0.39, 0.29) is 39.0 Å². The lowest BCUT2D eigenvalue weighted by atomic mass is 9.95. The summed E-state index contributed by atoms with van der Waals surface area (Å²) >= 11 is 12.4. The maximum absolute atomic E-state index is 14.8. The molecule has 3 aromatic rings. The number of aliphatic hydroxyl groups excluding tert-OH is 1. The van der Waals surface area contributed by atoms with E-state index in [2.05, 4.69) is 4.98 Å². The molecule has 33 heavy (non-hydrogen) atoms. The van der Waals surface area contributed by atoms with Gasteiger partial charge in [-0.1, -0.05) is 47.5 Å². The molecule has 1 aromatic heterocycles. The highest BCUT2D eigenvalue weighted by Gasteiger charge is 2.47. The molecule has 0 saturated carbocycles. The summed E-state index contributed by atoms with van der Waals surface area (Å²) in [7, 11) is 1.38. The van der Waals surface area contributed by atoms with E-state index >= 15 is 0 Å². The van der Waals surface area contributed by atoms with Gasteiger partial charge in [-0.15, -0.1) is 0 Å². The number of benzene rings is 2. The van der Waals surface area contributed by atoms with Gasteiger partial charge < -0.3 is 14.7 Å². The molecule has 168 valence electrons. The normalized spacial score (nSPS) is 17.5. The first-order chi connectivity index (χ1) is 15.8. The summed E-state index contributed by atoms with van der Waals surface area (Å²) in [6.07, 6.45) is 1.55. The Kier molecular flexibility index (Phi) is 6.35. The average Bonchev–Trinajstić information content (AvgIpc) is 3.04. The zero-order valence-corrected chi connectivity index (χ0v) is 18.8. The zero-order valence-electron chi connectivity index (χ0n) is 17.3. The molecule has 1 unspecified atom stereocenters. The van der Waals surface area contributed by atoms with Crippen LogP contribution in [-0.4, -0.2) is 33.8 Å². The van der Waals surface area contributed by atoms with E-state index in [9.17, 15) is 19.1 Å². The van der Waals surface area contributed by atoms with Crippen LogP contribution >= 0.6 is 23.2 Å². The fourth-order valence-corrected chi connectivity index (χ4v) is 4.42. The molecular weight excluding hydrogens is 470 g/mol. The Labute approximate surface area is 198 Å². The van der Waals surface area contributed by atoms with Crippen LogP contribution in [0.25, 0.3) is 5.76 Å². The molecule has 1 atom stereocenters. The Morgan fingerprint density at radius 2 is 1.79 bits per heavy atom. The Balaban J connectivity index is 1.91. The minimum Gasteiger partial charge on any atom is -0.507 e. The van der Waals surface area contributed by atoms with Gasteiger partial charge in [0.05, 0.1) is 41.0 Å². The van der Waals surface area contributed by atoms with Crippen molar-refractivity contribution in [3.8, 4) is 5.75 Å². The van der Waals surface area contributed by atoms with Gasteiger partial charge in [-0.3, -0.25) is 14.6 Å². The van der Waals surface area contributed by atoms with E-state index in [1.807, 2.05) is 0 Å². The van der Waals surface area contributed by atoms with Crippen molar-refractivity contribution in [2.45, 2.75) is 12.6 Å². The molecule has 4 rings (SSSR count). The second-order valence-corrected chi connectivity index (χ2v) is 8.06. The van der Waals surface area contributed by atoms with Crippen LogP contribution in [0.1, 0.15) is 22.9 Å². The van der Waals surface area contributed by atoms with Crippen molar-refractivity contribution in [1.82, 2.24) is 9.88 Å². The second-order valence-electron chi connectivity index (χ2n) is 7.24. The van der Waals surface area contributed by atoms with E-state index in [1.165, 1.54) is 42.3 Å². The van der Waals surface area contributed by atoms with Crippen molar-refractivity contribution in [3.05, 3.63) is 99.1 Å². The number of aliphatic hydroxyl groups is 1. The van der Waals surface area contributed by atoms with Crippen LogP contribution in [0.5, 0.6) is 5.75 Å². The number of likely N-dealkylation sites (tertiary alicyclic amines) is 1. The van der Waals surface area contributed by atoms with E-state index in [4.69, 9.17) is 27.9 Å². The molecule has 6 nitrogen and oxygen atoms in total. The van der Waals surface area contributed by atoms with Gasteiger partial charge >= 0.3 is 0 Å². The number of aromatic nitrogens is 1. The molecule has 0 spiro atoms. The molecular formula is C24H17Cl2FN2O4. The number of nitrogens with zero attached hydrogens (tertiary/aromatic N) is 2. The molecule has 0 aliphatic carbocycles. The molecule has 0 bridgehead atoms. The van der Waals surface area contributed by atoms with Gasteiger partial charge in [0.25, 0.3) is 11.7 Å². The number of pyridine rings is 1. The van der Waals surface area contributed by atoms with Crippen LogP contribution in [0.2, 0.25) is 10.0 Å². The van der Waals surface area contributed by atoms with Gasteiger partial charge in [-0.25, -0.2) is 4.39 Å². The van der Waals surface area contributed by atoms with Gasteiger partial charge in [0, 0.05) is 17.3 Å². The maximum atomic E-state index is 14.8. The van der Waals surface area contributed by atoms with Crippen molar-refractivity contribution in [2.24, 2.45) is 0 Å². The molecule has 1 fully saturated rings. The van der Waals surface area contributed by atoms with Crippen LogP contribution in [0.3, 0.4) is 0 Å². The summed E-state index contributed by atoms with van der Waals surface area (Å²) in [5, 5.41) is 11.3. The third kappa shape index (κ3) is 4.17. The summed E-state index contributed by atoms with van der Waals surface area (Å²) in [5.41, 5.74) is 0.359. The van der Waals surface area contributed by atoms with E-state index in [1.54, 1.807) is 30.5 Å². The number of Topliss-reactive ketones (excluding diaryl/α,β-unsaturated/α-hetero) is 1. The Bertz CT molecular complexity index is 1260. The van der Waals surface area contributed by atoms with Crippen molar-refractivity contribution in [2.75, 3.05) is 7.11 Å². The molecule has 2 heterocycles. The number of carbonyl (C=O) groups excluding carboxylic acids is 2. The third-order valence-corrected chi connectivity index (χ3v) is 5.84. The van der Waals surface area contributed by atoms with Gasteiger partial charge in [0.2, 0.25) is 0 Å². The molecule has 0 radical (unpaired) electrons. The lowest BCUT2D eigenvalue weighted by molar-refractivity contribution is -0.140. The van der Waals surface area contributed by atoms with Crippen molar-refractivity contribution in [3.63, 3.8) is 0 Å². The maximum Gasteiger partial charge on any atom is 0.296 e. The summed E-state index contributed by atoms with van der Waals surface area (Å²) in [6, 6.07) is 12.4. The molecule has 1 N–H and O–H groups in total. The summed E-state index contributed by atoms with van der Waals surface area (Å²) in [6.45, 7) is -0.0642. The molecule has 1 amide bonds. The van der Waals surface area contributed by atoms with Crippen LogP contribution in [0.4, 0.5) is 4.39 Å². The predicted octanol–water partition coefficient (Wildman–Crippen LogP) is 5.16. The number of ether oxygens (including phenoxy) is 1. The predicted molar refractivity (Wildman–Crippen MR) is 121 cm³/mol. The highest BCUT2D eigenvalue weighted by atomic mass is 35.5. The fraction of sp³-hybridized carbons (Fsp3) is 0.125. The van der Waals surface area contributed by atoms with E-state index in [0.29, 0.717) is 5.69 Å². The Hall–Kier alpha value is -3.42. The van der Waals surface area contributed by atoms with E-state index < -0.39 is 29.3 Å². The quantitative estimate of drug-likeness (QED) is 0.306. The zero-order chi connectivity index (χ0) is 23.7. The highest BCUT2D eigenvalue weighted by Crippen LogP contribution is 2.43. The standard InChI is InChI=1S/C24H17Cl2FN2O4/c1-33-23-16(25)10-13(11-17(23)26)21(30)19-20(15-7-2-3-8-18(15)27)29(24(32)22(19)31)12-14-6-4-5-9-28-14/h2-11,20,30H,12H2,1H3/b21-19+. The Morgan fingerprint density at radius 1 is 1.12 bits per heavy atom. The fourth-order valence-electron chi connectivity index (χ4n) is 3.78. The highest BCUT2D eigenvalue weighted by molar-refractivity contribution is 6.46. The number of rotatable bonds is 5. The summed E-state index contributed by atoms with van der Waals surface area (Å²) < 4.78 is 20.0. The number of hydrogen-bond donors (Lipinski definition) is 1. The number of methoxy groups -OCH3 is 1. The minimum absolute atomic E-state index is 0.0555. The van der Waals surface area contributed by atoms with Gasteiger partial charge in [-0.05, 0) is 30.3 Å². The molecule has 1 saturated heterocycles. The molecule has 1 aliphatic rings. The lowest BCUT2D eigenvalue weighted by Crippen LogP contribution is -2.30. The van der Waals surface area contributed by atoms with E-state index in [0.717, 1.165) is 0 Å². The van der Waals surface area contributed by atoms with Crippen LogP contribution in [0, 0.1) is 5.82 Å². The molecule has 1 aliphatic heterocycles. The summed E-state index contributed by atoms with van der Waals surface area (Å²) in [5.74, 6) is -2.82. The largest absolute Gasteiger partial charge is 0.507 e. The molecule has 9 heteroatoms. The topological polar surface area (TPSA) is 79.7 Å². The molecule has 2 aromatic carbocycles. The smallest absolute Gasteiger partial charge is 0.296 e. The number of hydrogen-bond acceptors (Lipinski definition) is 5. The SMILES string of the molecule is COc1c(Cl)cc(/C(O)=C2\C(=O)C(=O)N(Cc3ccccn3)C2c2ccccc2F)cc1Cl. The first-order valence-corrected chi connectivity index (χ1v) is 10.5. The number of ketones is 1. The average molecular weight is 487 g/mol. The van der Waals surface area contributed by atoms with Gasteiger partial charge in [0.1, 0.15) is 11.6 Å². The monoisotopic (exact) mass is 486 g/mol. The number of carbonyl (C=O) groups is 2. The van der Waals surface area contributed by atoms with Crippen molar-refractivity contribution in [1.29, 1.82) is 0 Å². The van der Waals surface area contributed by atoms with Gasteiger partial charge in [-0.2, -0.15) is 0 Å². The van der Waals surface area contributed by atoms with Crippen LogP contribution in [-0.2, 0) is 16.1 Å². The number of halogens is 3. The number of amides is 1. The van der Waals surface area contributed by atoms with Crippen molar-refractivity contribution >= 4 is 40.7 Å². The van der Waals surface area contributed by atoms with Gasteiger partial charge in [0.15, 0.2) is 5.75 Å². The Morgan fingerprint density at radius 3 is 2.39 bits per heavy atom. The third-order valence-electron chi connectivity index (χ3n) is 5.27. The van der Waals surface area contributed by atoms with Crippen LogP contribution < -0.4 is 4.74 Å². The second kappa shape index (κ2) is 9.21.